The standard InChI is InChI=1S/C20H21N3O3.C2H6/c1-2-23(9-4-10-24)12-13-7-8-16-15(11-13)19-18-14(20(25)22-21-19)5-3-6-17(18)26-16;1-2/h3,5-8,11,24H,2,4,9-10,12H2,1H3,(H,22,25);1-2H3. The molecule has 0 bridgehead atoms. The molecule has 0 saturated carbocycles. The van der Waals surface area contributed by atoms with Gasteiger partial charge in [0.25, 0.3) is 5.56 Å². The van der Waals surface area contributed by atoms with Crippen LogP contribution in [0.2, 0.25) is 0 Å². The molecule has 6 nitrogen and oxygen atoms in total. The maximum atomic E-state index is 12.1. The number of aromatic nitrogens is 2. The van der Waals surface area contributed by atoms with E-state index in [1.807, 2.05) is 32.0 Å². The molecule has 0 aliphatic carbocycles. The molecule has 0 saturated heterocycles. The summed E-state index contributed by atoms with van der Waals surface area (Å²) in [5, 5.41) is 17.3. The van der Waals surface area contributed by atoms with Gasteiger partial charge in [0.15, 0.2) is 0 Å². The summed E-state index contributed by atoms with van der Waals surface area (Å²) in [6.07, 6.45) is 0.761. The molecule has 0 amide bonds. The van der Waals surface area contributed by atoms with Crippen molar-refractivity contribution in [3.05, 3.63) is 52.3 Å². The fourth-order valence-electron chi connectivity index (χ4n) is 3.44. The molecular formula is C22H27N3O3. The smallest absolute Gasteiger partial charge is 0.272 e. The molecule has 2 N–H and O–H groups in total. The van der Waals surface area contributed by atoms with Crippen molar-refractivity contribution < 1.29 is 9.84 Å². The summed E-state index contributed by atoms with van der Waals surface area (Å²) in [5.41, 5.74) is 2.57. The summed E-state index contributed by atoms with van der Waals surface area (Å²) in [4.78, 5) is 14.4. The maximum absolute atomic E-state index is 12.1. The average molecular weight is 381 g/mol. The van der Waals surface area contributed by atoms with Crippen molar-refractivity contribution >= 4 is 10.8 Å². The zero-order chi connectivity index (χ0) is 20.1. The molecule has 0 spiro atoms. The Morgan fingerprint density at radius 1 is 1.18 bits per heavy atom. The van der Waals surface area contributed by atoms with Crippen molar-refractivity contribution in [3.8, 4) is 22.8 Å². The highest BCUT2D eigenvalue weighted by atomic mass is 16.5. The molecule has 0 fully saturated rings. The van der Waals surface area contributed by atoms with Crippen LogP contribution < -0.4 is 10.3 Å². The summed E-state index contributed by atoms with van der Waals surface area (Å²) < 4.78 is 6.02. The van der Waals surface area contributed by atoms with E-state index in [9.17, 15) is 4.79 Å². The van der Waals surface area contributed by atoms with Gasteiger partial charge < -0.3 is 9.84 Å². The monoisotopic (exact) mass is 381 g/mol. The first-order chi connectivity index (χ1) is 13.7. The Kier molecular flexibility index (Phi) is 6.44. The van der Waals surface area contributed by atoms with E-state index in [-0.39, 0.29) is 12.2 Å². The number of aliphatic hydroxyl groups is 1. The summed E-state index contributed by atoms with van der Waals surface area (Å²) in [5.74, 6) is 1.40. The minimum absolute atomic E-state index is 0.199. The van der Waals surface area contributed by atoms with Crippen LogP contribution in [0.5, 0.6) is 11.5 Å². The molecule has 0 unspecified atom stereocenters. The highest BCUT2D eigenvalue weighted by Crippen LogP contribution is 2.44. The first-order valence-corrected chi connectivity index (χ1v) is 9.87. The normalized spacial score (nSPS) is 11.6. The Balaban J connectivity index is 0.00000109. The van der Waals surface area contributed by atoms with E-state index >= 15 is 0 Å². The minimum Gasteiger partial charge on any atom is -0.456 e. The van der Waals surface area contributed by atoms with Crippen LogP contribution in [-0.2, 0) is 6.54 Å². The van der Waals surface area contributed by atoms with Crippen LogP contribution in [-0.4, -0.2) is 39.9 Å². The largest absolute Gasteiger partial charge is 0.456 e. The highest BCUT2D eigenvalue weighted by Gasteiger charge is 2.23. The predicted molar refractivity (Wildman–Crippen MR) is 112 cm³/mol. The molecule has 3 aromatic rings. The average Bonchev–Trinajstić information content (AvgIpc) is 2.74. The Hall–Kier alpha value is -2.70. The van der Waals surface area contributed by atoms with Crippen LogP contribution in [0.1, 0.15) is 32.8 Å². The van der Waals surface area contributed by atoms with Gasteiger partial charge in [0.2, 0.25) is 0 Å². The number of benzene rings is 2. The van der Waals surface area contributed by atoms with Crippen LogP contribution in [0.25, 0.3) is 22.0 Å². The number of H-pyrrole nitrogens is 1. The second-order valence-corrected chi connectivity index (χ2v) is 6.46. The number of rotatable bonds is 6. The zero-order valence-corrected chi connectivity index (χ0v) is 16.7. The molecule has 1 aromatic heterocycles. The number of fused-ring (bicyclic) bond motifs is 2. The van der Waals surface area contributed by atoms with E-state index in [1.54, 1.807) is 6.07 Å². The van der Waals surface area contributed by atoms with E-state index in [0.717, 1.165) is 54.0 Å². The second kappa shape index (κ2) is 8.99. The summed E-state index contributed by atoms with van der Waals surface area (Å²) in [7, 11) is 0. The lowest BCUT2D eigenvalue weighted by atomic mass is 9.99. The highest BCUT2D eigenvalue weighted by molar-refractivity contribution is 6.01. The molecule has 2 heterocycles. The Morgan fingerprint density at radius 3 is 2.75 bits per heavy atom. The van der Waals surface area contributed by atoms with Crippen molar-refractivity contribution in [2.45, 2.75) is 33.7 Å². The molecule has 28 heavy (non-hydrogen) atoms. The van der Waals surface area contributed by atoms with Gasteiger partial charge in [0.05, 0.1) is 10.8 Å². The number of hydrogen-bond acceptors (Lipinski definition) is 5. The molecular weight excluding hydrogens is 354 g/mol. The molecule has 0 radical (unpaired) electrons. The third-order valence-corrected chi connectivity index (χ3v) is 4.78. The van der Waals surface area contributed by atoms with Crippen LogP contribution in [0, 0.1) is 0 Å². The molecule has 1 aliphatic rings. The fourth-order valence-corrected chi connectivity index (χ4v) is 3.44. The van der Waals surface area contributed by atoms with Gasteiger partial charge in [0, 0.05) is 25.3 Å². The SMILES string of the molecule is CC.CCN(CCCO)Cc1ccc2c(c1)-c1n[nH]c(=O)c3cccc(c13)O2. The number of ether oxygens (including phenoxy) is 1. The number of aromatic amines is 1. The Morgan fingerprint density at radius 2 is 2.00 bits per heavy atom. The third-order valence-electron chi connectivity index (χ3n) is 4.78. The molecule has 148 valence electrons. The van der Waals surface area contributed by atoms with Crippen LogP contribution in [0.4, 0.5) is 0 Å². The number of nitrogens with zero attached hydrogens (tertiary/aromatic N) is 2. The fraction of sp³-hybridized carbons (Fsp3) is 0.364. The van der Waals surface area contributed by atoms with Gasteiger partial charge in [-0.3, -0.25) is 9.69 Å². The summed E-state index contributed by atoms with van der Waals surface area (Å²) in [6.45, 7) is 8.87. The topological polar surface area (TPSA) is 78.5 Å². The van der Waals surface area contributed by atoms with Crippen molar-refractivity contribution in [2.75, 3.05) is 19.7 Å². The predicted octanol–water partition coefficient (Wildman–Crippen LogP) is 3.93. The third kappa shape index (κ3) is 3.79. The summed E-state index contributed by atoms with van der Waals surface area (Å²) >= 11 is 0. The van der Waals surface area contributed by atoms with E-state index < -0.39 is 0 Å². The Labute approximate surface area is 164 Å². The zero-order valence-electron chi connectivity index (χ0n) is 16.7. The van der Waals surface area contributed by atoms with Gasteiger partial charge in [-0.2, -0.15) is 5.10 Å². The minimum atomic E-state index is -0.213. The van der Waals surface area contributed by atoms with Crippen LogP contribution in [0.3, 0.4) is 0 Å². The maximum Gasteiger partial charge on any atom is 0.272 e. The lowest BCUT2D eigenvalue weighted by Gasteiger charge is -2.23. The Bertz CT molecular complexity index is 1010. The van der Waals surface area contributed by atoms with Crippen molar-refractivity contribution in [1.82, 2.24) is 15.1 Å². The first kappa shape index (κ1) is 20.0. The van der Waals surface area contributed by atoms with Crippen LogP contribution in [0.15, 0.2) is 41.2 Å². The van der Waals surface area contributed by atoms with Crippen molar-refractivity contribution in [1.29, 1.82) is 0 Å². The van der Waals surface area contributed by atoms with Crippen molar-refractivity contribution in [2.24, 2.45) is 0 Å². The molecule has 4 rings (SSSR count). The van der Waals surface area contributed by atoms with Gasteiger partial charge in [-0.25, -0.2) is 5.10 Å². The van der Waals surface area contributed by atoms with Gasteiger partial charge in [-0.1, -0.05) is 32.9 Å². The van der Waals surface area contributed by atoms with Crippen LogP contribution >= 0.6 is 0 Å². The van der Waals surface area contributed by atoms with E-state index in [1.165, 1.54) is 0 Å². The number of hydrogen-bond donors (Lipinski definition) is 2. The molecule has 6 heteroatoms. The van der Waals surface area contributed by atoms with Crippen molar-refractivity contribution in [3.63, 3.8) is 0 Å². The first-order valence-electron chi connectivity index (χ1n) is 9.87. The lowest BCUT2D eigenvalue weighted by Crippen LogP contribution is -2.24. The number of nitrogens with one attached hydrogen (secondary N) is 1. The van der Waals surface area contributed by atoms with Gasteiger partial charge in [-0.15, -0.1) is 0 Å². The van der Waals surface area contributed by atoms with Gasteiger partial charge in [0.1, 0.15) is 17.2 Å². The summed E-state index contributed by atoms with van der Waals surface area (Å²) in [6, 6.07) is 11.5. The molecule has 0 atom stereocenters. The van der Waals surface area contributed by atoms with E-state index in [2.05, 4.69) is 34.2 Å². The van der Waals surface area contributed by atoms with Gasteiger partial charge >= 0.3 is 0 Å². The van der Waals surface area contributed by atoms with E-state index in [0.29, 0.717) is 11.1 Å². The van der Waals surface area contributed by atoms with Gasteiger partial charge in [-0.05, 0) is 42.8 Å². The molecule has 1 aliphatic heterocycles. The number of aliphatic hydroxyl groups excluding tert-OH is 1. The quantitative estimate of drug-likeness (QED) is 0.529. The second-order valence-electron chi connectivity index (χ2n) is 6.46. The van der Waals surface area contributed by atoms with E-state index in [4.69, 9.17) is 9.84 Å². The molecule has 2 aromatic carbocycles. The lowest BCUT2D eigenvalue weighted by molar-refractivity contribution is 0.225.